The lowest BCUT2D eigenvalue weighted by molar-refractivity contribution is 0.0522. The molecule has 0 fully saturated rings. The second-order valence-electron chi connectivity index (χ2n) is 5.78. The normalized spacial score (nSPS) is 13.1. The summed E-state index contributed by atoms with van der Waals surface area (Å²) in [7, 11) is 0. The van der Waals surface area contributed by atoms with Crippen LogP contribution in [-0.4, -0.2) is 33.3 Å². The number of aromatic nitrogens is 2. The molecule has 6 heteroatoms. The number of amides is 1. The van der Waals surface area contributed by atoms with E-state index in [9.17, 15) is 4.79 Å². The maximum absolute atomic E-state index is 11.6. The Labute approximate surface area is 125 Å². The first-order chi connectivity index (χ1) is 9.33. The highest BCUT2D eigenvalue weighted by atomic mass is 32.2. The van der Waals surface area contributed by atoms with Crippen LogP contribution < -0.4 is 5.32 Å². The van der Waals surface area contributed by atoms with Crippen molar-refractivity contribution >= 4 is 17.9 Å². The molecule has 1 rings (SSSR count). The standard InChI is InChI=1S/C14H25N3O2S/c1-11(6-7-20-5)17-10-15-8-12(17)9-16-13(18)19-14(2,3)4/h8,10-11H,6-7,9H2,1-5H3,(H,16,18). The van der Waals surface area contributed by atoms with Gasteiger partial charge in [-0.2, -0.15) is 11.8 Å². The number of nitrogens with one attached hydrogen (secondary N) is 1. The van der Waals surface area contributed by atoms with Crippen LogP contribution in [0, 0.1) is 0 Å². The lowest BCUT2D eigenvalue weighted by Crippen LogP contribution is -2.32. The van der Waals surface area contributed by atoms with E-state index in [2.05, 4.69) is 28.0 Å². The van der Waals surface area contributed by atoms with E-state index < -0.39 is 11.7 Å². The smallest absolute Gasteiger partial charge is 0.407 e. The molecule has 0 aromatic carbocycles. The zero-order valence-corrected chi connectivity index (χ0v) is 13.8. The fourth-order valence-corrected chi connectivity index (χ4v) is 2.35. The molecule has 20 heavy (non-hydrogen) atoms. The van der Waals surface area contributed by atoms with Gasteiger partial charge in [0.1, 0.15) is 5.60 Å². The third kappa shape index (κ3) is 5.86. The summed E-state index contributed by atoms with van der Waals surface area (Å²) in [5.74, 6) is 1.11. The Morgan fingerprint density at radius 1 is 1.55 bits per heavy atom. The number of carbonyl (C=O) groups excluding carboxylic acids is 1. The zero-order valence-electron chi connectivity index (χ0n) is 13.0. The average Bonchev–Trinajstić information content (AvgIpc) is 2.79. The lowest BCUT2D eigenvalue weighted by atomic mass is 10.2. The number of nitrogens with zero attached hydrogens (tertiary/aromatic N) is 2. The number of hydrogen-bond donors (Lipinski definition) is 1. The minimum Gasteiger partial charge on any atom is -0.444 e. The van der Waals surface area contributed by atoms with Gasteiger partial charge in [0.05, 0.1) is 18.6 Å². The van der Waals surface area contributed by atoms with Gasteiger partial charge in [0.25, 0.3) is 0 Å². The third-order valence-corrected chi connectivity index (χ3v) is 3.42. The van der Waals surface area contributed by atoms with Crippen LogP contribution in [0.4, 0.5) is 4.79 Å². The van der Waals surface area contributed by atoms with E-state index in [1.54, 1.807) is 6.20 Å². The Kier molecular flexibility index (Phi) is 6.39. The van der Waals surface area contributed by atoms with Crippen LogP contribution >= 0.6 is 11.8 Å². The van der Waals surface area contributed by atoms with Gasteiger partial charge in [0, 0.05) is 12.2 Å². The van der Waals surface area contributed by atoms with Crippen molar-refractivity contribution in [1.29, 1.82) is 0 Å². The molecule has 0 saturated carbocycles. The first kappa shape index (κ1) is 16.9. The molecule has 0 radical (unpaired) electrons. The van der Waals surface area contributed by atoms with E-state index in [0.717, 1.165) is 17.9 Å². The Hall–Kier alpha value is -1.17. The van der Waals surface area contributed by atoms with Crippen molar-refractivity contribution in [3.63, 3.8) is 0 Å². The number of imidazole rings is 1. The Balaban J connectivity index is 2.53. The fraction of sp³-hybridized carbons (Fsp3) is 0.714. The minimum atomic E-state index is -0.476. The van der Waals surface area contributed by atoms with Gasteiger partial charge in [-0.25, -0.2) is 9.78 Å². The third-order valence-electron chi connectivity index (χ3n) is 2.77. The molecule has 5 nitrogen and oxygen atoms in total. The summed E-state index contributed by atoms with van der Waals surface area (Å²) in [6, 6.07) is 0.375. The number of thioether (sulfide) groups is 1. The fourth-order valence-electron chi connectivity index (χ4n) is 1.77. The summed E-state index contributed by atoms with van der Waals surface area (Å²) in [6.45, 7) is 8.14. The predicted octanol–water partition coefficient (Wildman–Crippen LogP) is 3.22. The number of hydrogen-bond acceptors (Lipinski definition) is 4. The summed E-state index contributed by atoms with van der Waals surface area (Å²) in [5.41, 5.74) is 0.514. The van der Waals surface area contributed by atoms with Crippen LogP contribution in [0.1, 0.15) is 45.9 Å². The van der Waals surface area contributed by atoms with E-state index in [1.165, 1.54) is 0 Å². The molecule has 1 N–H and O–H groups in total. The number of alkyl carbamates (subject to hydrolysis) is 1. The highest BCUT2D eigenvalue weighted by Crippen LogP contribution is 2.16. The van der Waals surface area contributed by atoms with Gasteiger partial charge in [0.2, 0.25) is 0 Å². The first-order valence-electron chi connectivity index (χ1n) is 6.80. The van der Waals surface area contributed by atoms with Gasteiger partial charge in [0.15, 0.2) is 0 Å². The van der Waals surface area contributed by atoms with E-state index >= 15 is 0 Å². The summed E-state index contributed by atoms with van der Waals surface area (Å²) in [6.07, 6.45) is 6.38. The highest BCUT2D eigenvalue weighted by molar-refractivity contribution is 7.98. The molecule has 0 bridgehead atoms. The molecule has 0 saturated heterocycles. The van der Waals surface area contributed by atoms with Crippen LogP contribution in [0.15, 0.2) is 12.5 Å². The van der Waals surface area contributed by atoms with E-state index in [0.29, 0.717) is 12.6 Å². The van der Waals surface area contributed by atoms with Crippen molar-refractivity contribution in [1.82, 2.24) is 14.9 Å². The SMILES string of the molecule is CSCCC(C)n1cncc1CNC(=O)OC(C)(C)C. The number of rotatable bonds is 6. The van der Waals surface area contributed by atoms with Crippen molar-refractivity contribution in [3.8, 4) is 0 Å². The van der Waals surface area contributed by atoms with Crippen molar-refractivity contribution in [2.75, 3.05) is 12.0 Å². The molecule has 1 aromatic heterocycles. The Morgan fingerprint density at radius 2 is 2.25 bits per heavy atom. The van der Waals surface area contributed by atoms with Gasteiger partial charge in [-0.05, 0) is 46.1 Å². The molecule has 1 aromatic rings. The molecule has 1 unspecified atom stereocenters. The molecular formula is C14H25N3O2S. The maximum atomic E-state index is 11.6. The highest BCUT2D eigenvalue weighted by Gasteiger charge is 2.16. The second kappa shape index (κ2) is 7.57. The van der Waals surface area contributed by atoms with Crippen LogP contribution in [-0.2, 0) is 11.3 Å². The van der Waals surface area contributed by atoms with Crippen molar-refractivity contribution in [2.45, 2.75) is 52.3 Å². The van der Waals surface area contributed by atoms with Gasteiger partial charge < -0.3 is 14.6 Å². The lowest BCUT2D eigenvalue weighted by Gasteiger charge is -2.20. The Bertz CT molecular complexity index is 426. The van der Waals surface area contributed by atoms with E-state index in [4.69, 9.17) is 4.74 Å². The van der Waals surface area contributed by atoms with Crippen molar-refractivity contribution in [2.24, 2.45) is 0 Å². The average molecular weight is 299 g/mol. The summed E-state index contributed by atoms with van der Waals surface area (Å²) < 4.78 is 7.32. The van der Waals surface area contributed by atoms with Crippen LogP contribution in [0.25, 0.3) is 0 Å². The molecule has 1 heterocycles. The molecule has 114 valence electrons. The minimum absolute atomic E-state index is 0.375. The van der Waals surface area contributed by atoms with Crippen molar-refractivity contribution < 1.29 is 9.53 Å². The van der Waals surface area contributed by atoms with E-state index in [1.807, 2.05) is 38.9 Å². The molecule has 0 aliphatic rings. The number of carbonyl (C=O) groups is 1. The van der Waals surface area contributed by atoms with Crippen LogP contribution in [0.3, 0.4) is 0 Å². The number of ether oxygens (including phenoxy) is 1. The van der Waals surface area contributed by atoms with Crippen LogP contribution in [0.2, 0.25) is 0 Å². The predicted molar refractivity (Wildman–Crippen MR) is 83.0 cm³/mol. The topological polar surface area (TPSA) is 56.2 Å². The van der Waals surface area contributed by atoms with Crippen molar-refractivity contribution in [3.05, 3.63) is 18.2 Å². The van der Waals surface area contributed by atoms with Gasteiger partial charge in [-0.3, -0.25) is 0 Å². The van der Waals surface area contributed by atoms with Crippen LogP contribution in [0.5, 0.6) is 0 Å². The maximum Gasteiger partial charge on any atom is 0.407 e. The largest absolute Gasteiger partial charge is 0.444 e. The molecule has 1 atom stereocenters. The quantitative estimate of drug-likeness (QED) is 0.876. The summed E-state index contributed by atoms with van der Waals surface area (Å²) in [4.78, 5) is 15.8. The second-order valence-corrected chi connectivity index (χ2v) is 6.76. The molecule has 0 aliphatic carbocycles. The molecule has 0 aliphatic heterocycles. The van der Waals surface area contributed by atoms with Gasteiger partial charge in [-0.15, -0.1) is 0 Å². The molecule has 1 amide bonds. The van der Waals surface area contributed by atoms with E-state index in [-0.39, 0.29) is 0 Å². The monoisotopic (exact) mass is 299 g/mol. The Morgan fingerprint density at radius 3 is 2.85 bits per heavy atom. The first-order valence-corrected chi connectivity index (χ1v) is 8.19. The summed E-state index contributed by atoms with van der Waals surface area (Å²) in [5, 5.41) is 2.77. The summed E-state index contributed by atoms with van der Waals surface area (Å²) >= 11 is 1.83. The zero-order chi connectivity index (χ0) is 15.2. The van der Waals surface area contributed by atoms with Gasteiger partial charge >= 0.3 is 6.09 Å². The molecular weight excluding hydrogens is 274 g/mol. The van der Waals surface area contributed by atoms with Gasteiger partial charge in [-0.1, -0.05) is 0 Å². The molecule has 0 spiro atoms.